The van der Waals surface area contributed by atoms with Crippen molar-refractivity contribution in [2.45, 2.75) is 31.3 Å². The van der Waals surface area contributed by atoms with Crippen molar-refractivity contribution >= 4 is 11.9 Å². The average molecular weight is 389 g/mol. The molecule has 1 amide bonds. The number of fused-ring (bicyclic) bond motifs is 2. The van der Waals surface area contributed by atoms with Crippen molar-refractivity contribution in [3.8, 4) is 0 Å². The standard InChI is InChI=1S/C15H21N3O2.C2HF3O2/c1-17(2)15(19)13-7-12-9-18(10-14(13)20-12)8-11-5-3-4-6-16-11;3-2(4,5)1(6)7/h3-6,12-14H,7-10H2,1-2H3;(H,6,7)/t12-,13+,14-;/m1./s1. The Morgan fingerprint density at radius 2 is 2.00 bits per heavy atom. The fourth-order valence-corrected chi connectivity index (χ4v) is 3.18. The number of morpholine rings is 1. The van der Waals surface area contributed by atoms with Gasteiger partial charge in [0.05, 0.1) is 23.8 Å². The molecule has 1 aromatic rings. The second-order valence-electron chi connectivity index (χ2n) is 6.69. The Morgan fingerprint density at radius 3 is 2.52 bits per heavy atom. The molecule has 3 rings (SSSR count). The van der Waals surface area contributed by atoms with Gasteiger partial charge in [-0.1, -0.05) is 6.07 Å². The number of amides is 1. The molecule has 0 saturated carbocycles. The van der Waals surface area contributed by atoms with Crippen molar-refractivity contribution < 1.29 is 32.6 Å². The molecule has 150 valence electrons. The first-order valence-corrected chi connectivity index (χ1v) is 8.37. The van der Waals surface area contributed by atoms with E-state index < -0.39 is 12.1 Å². The number of aromatic nitrogens is 1. The molecular formula is C17H22F3N3O4. The Labute approximate surface area is 154 Å². The van der Waals surface area contributed by atoms with E-state index in [2.05, 4.69) is 9.88 Å². The molecule has 0 aromatic carbocycles. The molecule has 2 saturated heterocycles. The van der Waals surface area contributed by atoms with Crippen molar-refractivity contribution in [1.29, 1.82) is 0 Å². The SMILES string of the molecule is CN(C)C(=O)[C@H]1C[C@@H]2CN(Cc3ccccn3)C[C@H]1O2.O=C(O)C(F)(F)F. The van der Waals surface area contributed by atoms with E-state index in [-0.39, 0.29) is 24.0 Å². The van der Waals surface area contributed by atoms with Crippen LogP contribution in [0.1, 0.15) is 12.1 Å². The molecule has 1 N–H and O–H groups in total. The normalized spacial score (nSPS) is 24.7. The van der Waals surface area contributed by atoms with E-state index in [0.717, 1.165) is 31.7 Å². The lowest BCUT2D eigenvalue weighted by molar-refractivity contribution is -0.192. The predicted octanol–water partition coefficient (Wildman–Crippen LogP) is 1.39. The summed E-state index contributed by atoms with van der Waals surface area (Å²) in [6.07, 6.45) is -2.19. The molecule has 2 bridgehead atoms. The number of nitrogens with zero attached hydrogens (tertiary/aromatic N) is 3. The number of ether oxygens (including phenoxy) is 1. The molecule has 2 aliphatic rings. The van der Waals surface area contributed by atoms with E-state index in [9.17, 15) is 18.0 Å². The van der Waals surface area contributed by atoms with Crippen molar-refractivity contribution in [3.63, 3.8) is 0 Å². The molecule has 2 aliphatic heterocycles. The summed E-state index contributed by atoms with van der Waals surface area (Å²) in [6.45, 7) is 2.54. The minimum atomic E-state index is -5.08. The minimum absolute atomic E-state index is 0.0173. The summed E-state index contributed by atoms with van der Waals surface area (Å²) in [7, 11) is 3.63. The van der Waals surface area contributed by atoms with Crippen LogP contribution in [-0.4, -0.2) is 77.3 Å². The summed E-state index contributed by atoms with van der Waals surface area (Å²) in [4.78, 5) is 29.5. The zero-order chi connectivity index (χ0) is 20.2. The smallest absolute Gasteiger partial charge is 0.475 e. The van der Waals surface area contributed by atoms with E-state index >= 15 is 0 Å². The number of rotatable bonds is 3. The maximum Gasteiger partial charge on any atom is 0.490 e. The third kappa shape index (κ3) is 5.90. The van der Waals surface area contributed by atoms with Crippen LogP contribution >= 0.6 is 0 Å². The Bertz CT molecular complexity index is 655. The molecule has 27 heavy (non-hydrogen) atoms. The maximum atomic E-state index is 12.2. The first-order valence-electron chi connectivity index (χ1n) is 8.37. The lowest BCUT2D eigenvalue weighted by Gasteiger charge is -2.32. The van der Waals surface area contributed by atoms with Gasteiger partial charge in [0.1, 0.15) is 0 Å². The van der Waals surface area contributed by atoms with E-state index in [0.29, 0.717) is 0 Å². The number of hydrogen-bond donors (Lipinski definition) is 1. The van der Waals surface area contributed by atoms with Gasteiger partial charge in [-0.3, -0.25) is 14.7 Å². The number of halogens is 3. The Kier molecular flexibility index (Phi) is 6.77. The van der Waals surface area contributed by atoms with Gasteiger partial charge in [0.25, 0.3) is 0 Å². The summed E-state index contributed by atoms with van der Waals surface area (Å²) < 4.78 is 37.7. The molecule has 7 nitrogen and oxygen atoms in total. The number of carboxylic acids is 1. The van der Waals surface area contributed by atoms with Gasteiger partial charge in [-0.2, -0.15) is 13.2 Å². The van der Waals surface area contributed by atoms with Gasteiger partial charge >= 0.3 is 12.1 Å². The number of hydrogen-bond acceptors (Lipinski definition) is 5. The van der Waals surface area contributed by atoms with Gasteiger partial charge in [0.15, 0.2) is 0 Å². The molecule has 0 unspecified atom stereocenters. The molecule has 2 fully saturated rings. The average Bonchev–Trinajstić information content (AvgIpc) is 2.89. The van der Waals surface area contributed by atoms with Crippen LogP contribution in [0.5, 0.6) is 0 Å². The second kappa shape index (κ2) is 8.66. The topological polar surface area (TPSA) is 83.0 Å². The van der Waals surface area contributed by atoms with Crippen molar-refractivity contribution in [1.82, 2.24) is 14.8 Å². The molecule has 10 heteroatoms. The third-order valence-electron chi connectivity index (χ3n) is 4.35. The van der Waals surface area contributed by atoms with Gasteiger partial charge < -0.3 is 14.7 Å². The number of alkyl halides is 3. The number of pyridine rings is 1. The summed E-state index contributed by atoms with van der Waals surface area (Å²) in [5.74, 6) is -2.55. The molecule has 1 aromatic heterocycles. The maximum absolute atomic E-state index is 12.2. The summed E-state index contributed by atoms with van der Waals surface area (Å²) in [5, 5.41) is 7.12. The van der Waals surface area contributed by atoms with E-state index in [1.807, 2.05) is 38.5 Å². The second-order valence-corrected chi connectivity index (χ2v) is 6.69. The van der Waals surface area contributed by atoms with Crippen LogP contribution in [0.4, 0.5) is 13.2 Å². The first-order chi connectivity index (χ1) is 12.6. The highest BCUT2D eigenvalue weighted by Gasteiger charge is 2.45. The number of carboxylic acid groups (broad SMARTS) is 1. The van der Waals surface area contributed by atoms with Crippen LogP contribution in [0.2, 0.25) is 0 Å². The number of carbonyl (C=O) groups excluding carboxylic acids is 1. The van der Waals surface area contributed by atoms with E-state index in [4.69, 9.17) is 14.6 Å². The van der Waals surface area contributed by atoms with Crippen LogP contribution in [-0.2, 0) is 20.9 Å². The first kappa shape index (κ1) is 21.1. The highest BCUT2D eigenvalue weighted by atomic mass is 19.4. The van der Waals surface area contributed by atoms with Gasteiger partial charge in [0.2, 0.25) is 5.91 Å². The molecule has 3 heterocycles. The highest BCUT2D eigenvalue weighted by Crippen LogP contribution is 2.33. The van der Waals surface area contributed by atoms with Gasteiger partial charge in [-0.05, 0) is 18.6 Å². The lowest BCUT2D eigenvalue weighted by atomic mass is 9.99. The minimum Gasteiger partial charge on any atom is -0.475 e. The molecule has 0 aliphatic carbocycles. The van der Waals surface area contributed by atoms with Crippen LogP contribution < -0.4 is 0 Å². The van der Waals surface area contributed by atoms with E-state index in [1.54, 1.807) is 4.90 Å². The summed E-state index contributed by atoms with van der Waals surface area (Å²) in [5.41, 5.74) is 1.07. The van der Waals surface area contributed by atoms with E-state index in [1.165, 1.54) is 0 Å². The summed E-state index contributed by atoms with van der Waals surface area (Å²) in [6, 6.07) is 5.98. The molecule has 0 radical (unpaired) electrons. The largest absolute Gasteiger partial charge is 0.490 e. The van der Waals surface area contributed by atoms with Crippen LogP contribution in [0, 0.1) is 5.92 Å². The fourth-order valence-electron chi connectivity index (χ4n) is 3.18. The van der Waals surface area contributed by atoms with Crippen LogP contribution in [0.25, 0.3) is 0 Å². The van der Waals surface area contributed by atoms with Crippen molar-refractivity contribution in [2.24, 2.45) is 5.92 Å². The molecule has 3 atom stereocenters. The highest BCUT2D eigenvalue weighted by molar-refractivity contribution is 5.79. The Morgan fingerprint density at radius 1 is 1.33 bits per heavy atom. The van der Waals surface area contributed by atoms with Crippen molar-refractivity contribution in [2.75, 3.05) is 27.2 Å². The van der Waals surface area contributed by atoms with Crippen molar-refractivity contribution in [3.05, 3.63) is 30.1 Å². The van der Waals surface area contributed by atoms with Crippen LogP contribution in [0.15, 0.2) is 24.4 Å². The lowest BCUT2D eigenvalue weighted by Crippen LogP contribution is -2.44. The van der Waals surface area contributed by atoms with Gasteiger partial charge in [-0.15, -0.1) is 0 Å². The number of carbonyl (C=O) groups is 2. The predicted molar refractivity (Wildman–Crippen MR) is 88.7 cm³/mol. The third-order valence-corrected chi connectivity index (χ3v) is 4.35. The van der Waals surface area contributed by atoms with Gasteiger partial charge in [0, 0.05) is 39.9 Å². The zero-order valence-electron chi connectivity index (χ0n) is 15.0. The molecule has 0 spiro atoms. The quantitative estimate of drug-likeness (QED) is 0.841. The monoisotopic (exact) mass is 389 g/mol. The number of likely N-dealkylation sites (tertiary alicyclic amines) is 1. The fraction of sp³-hybridized carbons (Fsp3) is 0.588. The number of aliphatic carboxylic acids is 1. The van der Waals surface area contributed by atoms with Crippen LogP contribution in [0.3, 0.4) is 0 Å². The Hall–Kier alpha value is -2.20. The zero-order valence-corrected chi connectivity index (χ0v) is 15.0. The Balaban J connectivity index is 0.000000321. The summed E-state index contributed by atoms with van der Waals surface area (Å²) >= 11 is 0. The van der Waals surface area contributed by atoms with Gasteiger partial charge in [-0.25, -0.2) is 4.79 Å². The molecular weight excluding hydrogens is 367 g/mol.